The molecule has 6 nitrogen and oxygen atoms in total. The van der Waals surface area contributed by atoms with Gasteiger partial charge < -0.3 is 20.5 Å². The number of hydrogen-bond donors (Lipinski definition) is 2. The number of ether oxygens (including phenoxy) is 2. The third-order valence-electron chi connectivity index (χ3n) is 3.26. The molecule has 136 valence electrons. The van der Waals surface area contributed by atoms with E-state index in [0.29, 0.717) is 12.2 Å². The lowest BCUT2D eigenvalue weighted by Gasteiger charge is -2.17. The third-order valence-corrected chi connectivity index (χ3v) is 3.26. The maximum atomic E-state index is 12.3. The van der Waals surface area contributed by atoms with E-state index < -0.39 is 18.0 Å². The van der Waals surface area contributed by atoms with Crippen LogP contribution in [0.5, 0.6) is 0 Å². The van der Waals surface area contributed by atoms with Gasteiger partial charge in [-0.2, -0.15) is 0 Å². The standard InChI is InChI=1S/C19H26N2O4/c1-3-5-13-24-19(23)18(15-9-7-6-8-10-15)25-17(22)14-21-12-11-16(20)4-2/h4,6-12,16,18,21H,2-3,5,13-14,20H2,1H3/b12-11-/t16?,18-/m0/s1. The predicted octanol–water partition coefficient (Wildman–Crippen LogP) is 2.23. The Balaban J connectivity index is 2.63. The molecule has 0 spiro atoms. The lowest BCUT2D eigenvalue weighted by Crippen LogP contribution is -2.27. The summed E-state index contributed by atoms with van der Waals surface area (Å²) in [6.07, 6.45) is 5.35. The average molecular weight is 346 g/mol. The van der Waals surface area contributed by atoms with Crippen molar-refractivity contribution in [1.82, 2.24) is 5.32 Å². The summed E-state index contributed by atoms with van der Waals surface area (Å²) in [7, 11) is 0. The largest absolute Gasteiger partial charge is 0.463 e. The molecular formula is C19H26N2O4. The molecule has 0 saturated carbocycles. The summed E-state index contributed by atoms with van der Waals surface area (Å²) in [5.74, 6) is -1.14. The van der Waals surface area contributed by atoms with E-state index >= 15 is 0 Å². The minimum Gasteiger partial charge on any atom is -0.463 e. The second-order valence-corrected chi connectivity index (χ2v) is 5.35. The van der Waals surface area contributed by atoms with Crippen LogP contribution in [0.15, 0.2) is 55.3 Å². The predicted molar refractivity (Wildman–Crippen MR) is 96.5 cm³/mol. The van der Waals surface area contributed by atoms with Gasteiger partial charge in [-0.3, -0.25) is 4.79 Å². The second kappa shape index (κ2) is 11.9. The number of unbranched alkanes of at least 4 members (excludes halogenated alkanes) is 1. The van der Waals surface area contributed by atoms with E-state index in [1.807, 2.05) is 13.0 Å². The Morgan fingerprint density at radius 1 is 1.32 bits per heavy atom. The highest BCUT2D eigenvalue weighted by Crippen LogP contribution is 2.19. The van der Waals surface area contributed by atoms with Crippen LogP contribution in [0.1, 0.15) is 31.4 Å². The molecule has 2 atom stereocenters. The molecular weight excluding hydrogens is 320 g/mol. The summed E-state index contributed by atoms with van der Waals surface area (Å²) >= 11 is 0. The fourth-order valence-corrected chi connectivity index (χ4v) is 1.85. The van der Waals surface area contributed by atoms with Crippen molar-refractivity contribution in [2.24, 2.45) is 5.73 Å². The van der Waals surface area contributed by atoms with Crippen molar-refractivity contribution in [1.29, 1.82) is 0 Å². The first-order chi connectivity index (χ1) is 12.1. The number of carbonyl (C=O) groups excluding carboxylic acids is 2. The average Bonchev–Trinajstić information content (AvgIpc) is 2.63. The van der Waals surface area contributed by atoms with E-state index in [-0.39, 0.29) is 12.6 Å². The molecule has 1 aromatic carbocycles. The van der Waals surface area contributed by atoms with E-state index in [4.69, 9.17) is 15.2 Å². The Kier molecular flexibility index (Phi) is 9.70. The monoisotopic (exact) mass is 346 g/mol. The van der Waals surface area contributed by atoms with E-state index in [1.165, 1.54) is 0 Å². The van der Waals surface area contributed by atoms with E-state index in [0.717, 1.165) is 12.8 Å². The molecule has 3 N–H and O–H groups in total. The highest BCUT2D eigenvalue weighted by molar-refractivity contribution is 5.81. The van der Waals surface area contributed by atoms with Crippen LogP contribution in [0.2, 0.25) is 0 Å². The van der Waals surface area contributed by atoms with Crippen LogP contribution < -0.4 is 11.1 Å². The number of carbonyl (C=O) groups is 2. The maximum absolute atomic E-state index is 12.3. The summed E-state index contributed by atoms with van der Waals surface area (Å²) in [4.78, 5) is 24.2. The fraction of sp³-hybridized carbons (Fsp3) is 0.368. The van der Waals surface area contributed by atoms with Crippen LogP contribution in [-0.4, -0.2) is 31.1 Å². The van der Waals surface area contributed by atoms with Gasteiger partial charge in [0.1, 0.15) is 6.54 Å². The summed E-state index contributed by atoms with van der Waals surface area (Å²) in [5.41, 5.74) is 6.19. The summed E-state index contributed by atoms with van der Waals surface area (Å²) in [5, 5.41) is 2.76. The van der Waals surface area contributed by atoms with E-state index in [9.17, 15) is 9.59 Å². The molecule has 0 heterocycles. The summed E-state index contributed by atoms with van der Waals surface area (Å²) < 4.78 is 10.5. The van der Waals surface area contributed by atoms with E-state index in [2.05, 4.69) is 11.9 Å². The van der Waals surface area contributed by atoms with Crippen molar-refractivity contribution >= 4 is 11.9 Å². The molecule has 6 heteroatoms. The highest BCUT2D eigenvalue weighted by atomic mass is 16.6. The van der Waals surface area contributed by atoms with Gasteiger partial charge in [0.25, 0.3) is 0 Å². The lowest BCUT2D eigenvalue weighted by atomic mass is 10.1. The molecule has 0 amide bonds. The molecule has 1 unspecified atom stereocenters. The smallest absolute Gasteiger partial charge is 0.352 e. The second-order valence-electron chi connectivity index (χ2n) is 5.35. The van der Waals surface area contributed by atoms with Crippen LogP contribution in [-0.2, 0) is 19.1 Å². The zero-order chi connectivity index (χ0) is 18.5. The number of nitrogens with one attached hydrogen (secondary N) is 1. The molecule has 1 aromatic rings. The number of esters is 2. The minimum absolute atomic E-state index is 0.0913. The van der Waals surface area contributed by atoms with Crippen molar-refractivity contribution in [2.45, 2.75) is 31.9 Å². The van der Waals surface area contributed by atoms with Crippen LogP contribution in [0.4, 0.5) is 0 Å². The lowest BCUT2D eigenvalue weighted by molar-refractivity contribution is -0.168. The van der Waals surface area contributed by atoms with Gasteiger partial charge in [0.2, 0.25) is 6.10 Å². The van der Waals surface area contributed by atoms with Gasteiger partial charge in [0, 0.05) is 11.6 Å². The Bertz CT molecular complexity index is 572. The van der Waals surface area contributed by atoms with Crippen molar-refractivity contribution < 1.29 is 19.1 Å². The van der Waals surface area contributed by atoms with Gasteiger partial charge in [-0.1, -0.05) is 49.8 Å². The maximum Gasteiger partial charge on any atom is 0.352 e. The first-order valence-electron chi connectivity index (χ1n) is 8.27. The zero-order valence-electron chi connectivity index (χ0n) is 14.5. The molecule has 1 rings (SSSR count). The zero-order valence-corrected chi connectivity index (χ0v) is 14.5. The molecule has 0 aliphatic carbocycles. The van der Waals surface area contributed by atoms with Gasteiger partial charge in [-0.15, -0.1) is 6.58 Å². The van der Waals surface area contributed by atoms with Gasteiger partial charge in [0.15, 0.2) is 0 Å². The first-order valence-corrected chi connectivity index (χ1v) is 8.27. The molecule has 25 heavy (non-hydrogen) atoms. The molecule has 0 aromatic heterocycles. The SMILES string of the molecule is C=CC(N)/C=C\NCC(=O)O[C@H](C(=O)OCCCC)c1ccccc1. The molecule has 0 saturated heterocycles. The minimum atomic E-state index is -1.08. The van der Waals surface area contributed by atoms with Crippen LogP contribution in [0.3, 0.4) is 0 Å². The van der Waals surface area contributed by atoms with Gasteiger partial charge in [-0.05, 0) is 18.7 Å². The Morgan fingerprint density at radius 2 is 2.04 bits per heavy atom. The number of rotatable bonds is 11. The molecule has 0 aliphatic heterocycles. The molecule has 0 aliphatic rings. The van der Waals surface area contributed by atoms with Crippen molar-refractivity contribution in [2.75, 3.05) is 13.2 Å². The summed E-state index contributed by atoms with van der Waals surface area (Å²) in [6.45, 7) is 5.76. The number of hydrogen-bond acceptors (Lipinski definition) is 6. The van der Waals surface area contributed by atoms with Crippen LogP contribution in [0.25, 0.3) is 0 Å². The van der Waals surface area contributed by atoms with E-state index in [1.54, 1.807) is 42.6 Å². The van der Waals surface area contributed by atoms with Crippen molar-refractivity contribution in [3.8, 4) is 0 Å². The quantitative estimate of drug-likeness (QED) is 0.363. The van der Waals surface area contributed by atoms with Crippen LogP contribution >= 0.6 is 0 Å². The number of benzene rings is 1. The van der Waals surface area contributed by atoms with Crippen molar-refractivity contribution in [3.05, 3.63) is 60.8 Å². The van der Waals surface area contributed by atoms with Crippen molar-refractivity contribution in [3.63, 3.8) is 0 Å². The Hall–Kier alpha value is -2.60. The molecule has 0 radical (unpaired) electrons. The van der Waals surface area contributed by atoms with Gasteiger partial charge in [-0.25, -0.2) is 4.79 Å². The normalized spacial score (nSPS) is 13.0. The molecule has 0 bridgehead atoms. The molecule has 0 fully saturated rings. The first kappa shape index (κ1) is 20.4. The fourth-order valence-electron chi connectivity index (χ4n) is 1.85. The van der Waals surface area contributed by atoms with Gasteiger partial charge >= 0.3 is 11.9 Å². The topological polar surface area (TPSA) is 90.6 Å². The van der Waals surface area contributed by atoms with Crippen LogP contribution in [0, 0.1) is 0 Å². The Morgan fingerprint density at radius 3 is 2.68 bits per heavy atom. The Labute approximate surface area is 148 Å². The summed E-state index contributed by atoms with van der Waals surface area (Å²) in [6, 6.07) is 8.50. The number of nitrogens with two attached hydrogens (primary N) is 1. The third kappa shape index (κ3) is 8.17. The highest BCUT2D eigenvalue weighted by Gasteiger charge is 2.26. The van der Waals surface area contributed by atoms with Gasteiger partial charge in [0.05, 0.1) is 6.61 Å².